The van der Waals surface area contributed by atoms with Crippen molar-refractivity contribution in [2.45, 2.75) is 18.6 Å². The van der Waals surface area contributed by atoms with E-state index in [1.807, 2.05) is 30.3 Å². The molecule has 0 unspecified atom stereocenters. The molecule has 1 amide bonds. The number of carbonyl (C=O) groups is 1. The molecule has 2 aromatic rings. The Morgan fingerprint density at radius 3 is 3.00 bits per heavy atom. The van der Waals surface area contributed by atoms with E-state index in [-0.39, 0.29) is 18.1 Å². The predicted octanol–water partition coefficient (Wildman–Crippen LogP) is 1.61. The van der Waals surface area contributed by atoms with Gasteiger partial charge in [0, 0.05) is 19.3 Å². The average molecular weight is 301 g/mol. The number of carbonyl (C=O) groups excluding carboxylic acids is 1. The first-order chi connectivity index (χ1) is 10.8. The van der Waals surface area contributed by atoms with Crippen LogP contribution in [-0.4, -0.2) is 48.3 Å². The molecular formula is C16H19N3O3. The summed E-state index contributed by atoms with van der Waals surface area (Å²) in [5.74, 6) is -0.200. The van der Waals surface area contributed by atoms with Gasteiger partial charge in [0.2, 0.25) is 0 Å². The van der Waals surface area contributed by atoms with Gasteiger partial charge < -0.3 is 19.8 Å². The fourth-order valence-electron chi connectivity index (χ4n) is 2.66. The summed E-state index contributed by atoms with van der Waals surface area (Å²) in [6.45, 7) is 1.11. The van der Waals surface area contributed by atoms with Gasteiger partial charge in [-0.25, -0.2) is 4.98 Å². The van der Waals surface area contributed by atoms with Crippen LogP contribution in [0.5, 0.6) is 0 Å². The number of rotatable bonds is 4. The highest BCUT2D eigenvalue weighted by Gasteiger charge is 2.28. The zero-order chi connectivity index (χ0) is 15.4. The van der Waals surface area contributed by atoms with Crippen molar-refractivity contribution in [2.24, 2.45) is 0 Å². The van der Waals surface area contributed by atoms with Crippen molar-refractivity contribution in [3.05, 3.63) is 42.4 Å². The van der Waals surface area contributed by atoms with Gasteiger partial charge in [-0.15, -0.1) is 0 Å². The molecule has 1 saturated heterocycles. The third-order valence-corrected chi connectivity index (χ3v) is 3.83. The number of benzene rings is 1. The van der Waals surface area contributed by atoms with E-state index in [9.17, 15) is 4.79 Å². The van der Waals surface area contributed by atoms with Crippen molar-refractivity contribution in [1.29, 1.82) is 0 Å². The largest absolute Gasteiger partial charge is 0.379 e. The quantitative estimate of drug-likeness (QED) is 0.899. The van der Waals surface area contributed by atoms with Crippen LogP contribution in [0.4, 0.5) is 0 Å². The smallest absolute Gasteiger partial charge is 0.270 e. The van der Waals surface area contributed by atoms with Gasteiger partial charge in [-0.3, -0.25) is 4.79 Å². The Morgan fingerprint density at radius 2 is 2.23 bits per heavy atom. The molecule has 116 valence electrons. The average Bonchev–Trinajstić information content (AvgIpc) is 3.06. The number of imidazole rings is 1. The molecule has 1 aromatic carbocycles. The zero-order valence-electron chi connectivity index (χ0n) is 12.4. The molecule has 0 radical (unpaired) electrons. The molecule has 0 aliphatic carbocycles. The van der Waals surface area contributed by atoms with Crippen molar-refractivity contribution in [3.63, 3.8) is 0 Å². The van der Waals surface area contributed by atoms with Crippen molar-refractivity contribution in [3.8, 4) is 11.3 Å². The number of H-pyrrole nitrogens is 1. The lowest BCUT2D eigenvalue weighted by molar-refractivity contribution is -0.0349. The number of nitrogens with zero attached hydrogens (tertiary/aromatic N) is 1. The maximum Gasteiger partial charge on any atom is 0.270 e. The van der Waals surface area contributed by atoms with Crippen molar-refractivity contribution in [2.75, 3.05) is 20.3 Å². The monoisotopic (exact) mass is 301 g/mol. The highest BCUT2D eigenvalue weighted by atomic mass is 16.5. The number of hydrogen-bond acceptors (Lipinski definition) is 4. The number of aromatic nitrogens is 2. The van der Waals surface area contributed by atoms with Gasteiger partial charge in [-0.05, 0) is 6.42 Å². The summed E-state index contributed by atoms with van der Waals surface area (Å²) in [6.07, 6.45) is 2.28. The van der Waals surface area contributed by atoms with Crippen LogP contribution in [-0.2, 0) is 9.47 Å². The Hall–Kier alpha value is -2.18. The van der Waals surface area contributed by atoms with E-state index in [1.165, 1.54) is 6.33 Å². The Balaban J connectivity index is 1.77. The number of amides is 1. The molecule has 1 fully saturated rings. The molecule has 22 heavy (non-hydrogen) atoms. The fourth-order valence-corrected chi connectivity index (χ4v) is 2.66. The van der Waals surface area contributed by atoms with Gasteiger partial charge in [0.15, 0.2) is 0 Å². The third kappa shape index (κ3) is 3.03. The molecule has 2 heterocycles. The molecule has 3 rings (SSSR count). The van der Waals surface area contributed by atoms with E-state index in [0.29, 0.717) is 24.6 Å². The first-order valence-electron chi connectivity index (χ1n) is 7.30. The summed E-state index contributed by atoms with van der Waals surface area (Å²) in [5.41, 5.74) is 1.99. The summed E-state index contributed by atoms with van der Waals surface area (Å²) in [7, 11) is 1.65. The lowest BCUT2D eigenvalue weighted by Gasteiger charge is -2.30. The molecule has 0 saturated carbocycles. The van der Waals surface area contributed by atoms with Crippen LogP contribution < -0.4 is 5.32 Å². The molecule has 0 bridgehead atoms. The summed E-state index contributed by atoms with van der Waals surface area (Å²) >= 11 is 0. The van der Waals surface area contributed by atoms with Gasteiger partial charge in [0.05, 0.1) is 25.1 Å². The molecule has 6 heteroatoms. The molecule has 2 N–H and O–H groups in total. The summed E-state index contributed by atoms with van der Waals surface area (Å²) < 4.78 is 10.8. The minimum absolute atomic E-state index is 0.0270. The van der Waals surface area contributed by atoms with Crippen LogP contribution in [0.2, 0.25) is 0 Å². The second-order valence-corrected chi connectivity index (χ2v) is 5.21. The molecular weight excluding hydrogens is 282 g/mol. The van der Waals surface area contributed by atoms with Crippen LogP contribution in [0.3, 0.4) is 0 Å². The summed E-state index contributed by atoms with van der Waals surface area (Å²) in [6, 6.07) is 9.46. The standard InChI is InChI=1S/C16H19N3O3/c1-21-13-7-8-22-9-12(13)19-16(20)15-14(17-10-18-15)11-5-3-2-4-6-11/h2-6,10,12-13H,7-9H2,1H3,(H,17,18)(H,19,20)/t12-,13-/m1/s1. The minimum Gasteiger partial charge on any atom is -0.379 e. The second kappa shape index (κ2) is 6.72. The van der Waals surface area contributed by atoms with Crippen LogP contribution in [0.1, 0.15) is 16.9 Å². The SMILES string of the molecule is CO[C@@H]1CCOC[C@H]1NC(=O)c1[nH]cnc1-c1ccccc1. The van der Waals surface area contributed by atoms with Gasteiger partial charge in [0.25, 0.3) is 5.91 Å². The first kappa shape index (κ1) is 14.7. The number of nitrogens with one attached hydrogen (secondary N) is 2. The maximum absolute atomic E-state index is 12.5. The Bertz CT molecular complexity index is 627. The highest BCUT2D eigenvalue weighted by molar-refractivity contribution is 5.98. The summed E-state index contributed by atoms with van der Waals surface area (Å²) in [4.78, 5) is 19.7. The summed E-state index contributed by atoms with van der Waals surface area (Å²) in [5, 5.41) is 2.97. The van der Waals surface area contributed by atoms with E-state index in [4.69, 9.17) is 9.47 Å². The third-order valence-electron chi connectivity index (χ3n) is 3.83. The van der Waals surface area contributed by atoms with Crippen LogP contribution in [0.15, 0.2) is 36.7 Å². The minimum atomic E-state index is -0.200. The van der Waals surface area contributed by atoms with E-state index in [1.54, 1.807) is 7.11 Å². The lowest BCUT2D eigenvalue weighted by Crippen LogP contribution is -2.50. The lowest BCUT2D eigenvalue weighted by atomic mass is 10.1. The van der Waals surface area contributed by atoms with Crippen molar-refractivity contribution in [1.82, 2.24) is 15.3 Å². The molecule has 6 nitrogen and oxygen atoms in total. The van der Waals surface area contributed by atoms with Crippen molar-refractivity contribution < 1.29 is 14.3 Å². The molecule has 1 aliphatic heterocycles. The van der Waals surface area contributed by atoms with Gasteiger partial charge >= 0.3 is 0 Å². The van der Waals surface area contributed by atoms with Crippen LogP contribution in [0.25, 0.3) is 11.3 Å². The van der Waals surface area contributed by atoms with Gasteiger partial charge in [-0.2, -0.15) is 0 Å². The van der Waals surface area contributed by atoms with Crippen LogP contribution >= 0.6 is 0 Å². The van der Waals surface area contributed by atoms with E-state index >= 15 is 0 Å². The fraction of sp³-hybridized carbons (Fsp3) is 0.375. The predicted molar refractivity (Wildman–Crippen MR) is 81.5 cm³/mol. The van der Waals surface area contributed by atoms with Gasteiger partial charge in [-0.1, -0.05) is 30.3 Å². The number of aromatic amines is 1. The molecule has 1 aliphatic rings. The highest BCUT2D eigenvalue weighted by Crippen LogP contribution is 2.20. The zero-order valence-corrected chi connectivity index (χ0v) is 12.4. The number of hydrogen-bond donors (Lipinski definition) is 2. The van der Waals surface area contributed by atoms with Gasteiger partial charge in [0.1, 0.15) is 11.4 Å². The van der Waals surface area contributed by atoms with E-state index < -0.39 is 0 Å². The molecule has 2 atom stereocenters. The maximum atomic E-state index is 12.5. The Labute approximate surface area is 128 Å². The van der Waals surface area contributed by atoms with Crippen LogP contribution in [0, 0.1) is 0 Å². The molecule has 1 aromatic heterocycles. The Morgan fingerprint density at radius 1 is 1.41 bits per heavy atom. The van der Waals surface area contributed by atoms with E-state index in [2.05, 4.69) is 15.3 Å². The number of ether oxygens (including phenoxy) is 2. The second-order valence-electron chi connectivity index (χ2n) is 5.21. The molecule has 0 spiro atoms. The normalized spacial score (nSPS) is 21.5. The van der Waals surface area contributed by atoms with E-state index in [0.717, 1.165) is 12.0 Å². The first-order valence-corrected chi connectivity index (χ1v) is 7.30. The topological polar surface area (TPSA) is 76.2 Å². The van der Waals surface area contributed by atoms with Crippen molar-refractivity contribution >= 4 is 5.91 Å². The Kier molecular flexibility index (Phi) is 4.50. The number of methoxy groups -OCH3 is 1.